The van der Waals surface area contributed by atoms with Crippen LogP contribution in [-0.4, -0.2) is 5.11 Å². The molecule has 0 aromatic heterocycles. The van der Waals surface area contributed by atoms with Gasteiger partial charge in [0.1, 0.15) is 0 Å². The van der Waals surface area contributed by atoms with Gasteiger partial charge in [-0.15, -0.1) is 0 Å². The Hall–Kier alpha value is -0.820. The summed E-state index contributed by atoms with van der Waals surface area (Å²) in [5.41, 5.74) is 4.10. The van der Waals surface area contributed by atoms with Gasteiger partial charge in [-0.3, -0.25) is 0 Å². The number of aliphatic hydroxyl groups excluding tert-OH is 1. The van der Waals surface area contributed by atoms with Crippen LogP contribution in [0.4, 0.5) is 0 Å². The molecule has 21 heavy (non-hydrogen) atoms. The summed E-state index contributed by atoms with van der Waals surface area (Å²) in [7, 11) is 0. The van der Waals surface area contributed by atoms with Crippen LogP contribution in [-0.2, 0) is 12.8 Å². The number of hydrogen-bond donors (Lipinski definition) is 1. The van der Waals surface area contributed by atoms with Gasteiger partial charge in [0.25, 0.3) is 0 Å². The van der Waals surface area contributed by atoms with Crippen LogP contribution in [0.5, 0.6) is 0 Å². The summed E-state index contributed by atoms with van der Waals surface area (Å²) < 4.78 is 0. The Labute approximate surface area is 130 Å². The topological polar surface area (TPSA) is 20.2 Å². The van der Waals surface area contributed by atoms with Gasteiger partial charge in [0.2, 0.25) is 0 Å². The molecule has 1 aliphatic rings. The van der Waals surface area contributed by atoms with Crippen LogP contribution in [0.2, 0.25) is 0 Å². The Balaban J connectivity index is 2.30. The third-order valence-corrected chi connectivity index (χ3v) is 5.30. The lowest BCUT2D eigenvalue weighted by Crippen LogP contribution is -2.28. The first-order chi connectivity index (χ1) is 10.0. The summed E-state index contributed by atoms with van der Waals surface area (Å²) in [6, 6.07) is 6.67. The van der Waals surface area contributed by atoms with E-state index < -0.39 is 0 Å². The minimum Gasteiger partial charge on any atom is -0.388 e. The molecule has 0 amide bonds. The highest BCUT2D eigenvalue weighted by molar-refractivity contribution is 5.34. The first-order valence-corrected chi connectivity index (χ1v) is 8.82. The van der Waals surface area contributed by atoms with Crippen molar-refractivity contribution in [3.63, 3.8) is 0 Å². The van der Waals surface area contributed by atoms with Crippen molar-refractivity contribution in [1.82, 2.24) is 0 Å². The van der Waals surface area contributed by atoms with Gasteiger partial charge in [-0.2, -0.15) is 0 Å². The fraction of sp³-hybridized carbons (Fsp3) is 0.700. The van der Waals surface area contributed by atoms with Gasteiger partial charge in [0.05, 0.1) is 6.10 Å². The molecule has 1 aromatic rings. The van der Waals surface area contributed by atoms with Gasteiger partial charge >= 0.3 is 0 Å². The number of aryl methyl sites for hydroxylation is 2. The fourth-order valence-corrected chi connectivity index (χ4v) is 4.32. The molecule has 1 N–H and O–H groups in total. The molecule has 1 fully saturated rings. The average Bonchev–Trinajstić information content (AvgIpc) is 2.94. The molecule has 2 rings (SSSR count). The maximum absolute atomic E-state index is 11.1. The van der Waals surface area contributed by atoms with Crippen LogP contribution in [0.1, 0.15) is 82.6 Å². The third kappa shape index (κ3) is 3.51. The van der Waals surface area contributed by atoms with Gasteiger partial charge in [0.15, 0.2) is 0 Å². The van der Waals surface area contributed by atoms with Crippen molar-refractivity contribution in [2.45, 2.75) is 78.7 Å². The van der Waals surface area contributed by atoms with E-state index >= 15 is 0 Å². The van der Waals surface area contributed by atoms with Crippen LogP contribution in [0.3, 0.4) is 0 Å². The molecule has 0 saturated heterocycles. The molecule has 0 bridgehead atoms. The van der Waals surface area contributed by atoms with Crippen LogP contribution in [0.25, 0.3) is 0 Å². The highest BCUT2D eigenvalue weighted by Gasteiger charge is 2.41. The Morgan fingerprint density at radius 2 is 1.67 bits per heavy atom. The fourth-order valence-electron chi connectivity index (χ4n) is 4.32. The first-order valence-electron chi connectivity index (χ1n) is 8.82. The minimum absolute atomic E-state index is 0.118. The monoisotopic (exact) mass is 288 g/mol. The van der Waals surface area contributed by atoms with Crippen molar-refractivity contribution in [2.75, 3.05) is 0 Å². The second-order valence-corrected chi connectivity index (χ2v) is 7.31. The average molecular weight is 288 g/mol. The first kappa shape index (κ1) is 16.5. The second-order valence-electron chi connectivity index (χ2n) is 7.31. The highest BCUT2D eigenvalue weighted by Crippen LogP contribution is 2.51. The van der Waals surface area contributed by atoms with Crippen molar-refractivity contribution >= 4 is 0 Å². The molecule has 118 valence electrons. The van der Waals surface area contributed by atoms with E-state index in [1.807, 2.05) is 0 Å². The number of benzene rings is 1. The number of hydrogen-bond acceptors (Lipinski definition) is 1. The van der Waals surface area contributed by atoms with Crippen LogP contribution < -0.4 is 0 Å². The van der Waals surface area contributed by atoms with Crippen molar-refractivity contribution in [2.24, 2.45) is 11.3 Å². The van der Waals surface area contributed by atoms with Crippen LogP contribution in [0, 0.1) is 11.3 Å². The van der Waals surface area contributed by atoms with E-state index in [0.717, 1.165) is 24.8 Å². The van der Waals surface area contributed by atoms with E-state index in [9.17, 15) is 5.11 Å². The van der Waals surface area contributed by atoms with E-state index in [0.29, 0.717) is 5.92 Å². The smallest absolute Gasteiger partial charge is 0.0846 e. The van der Waals surface area contributed by atoms with E-state index in [2.05, 4.69) is 45.9 Å². The Kier molecular flexibility index (Phi) is 5.48. The quantitative estimate of drug-likeness (QED) is 0.738. The molecule has 0 aliphatic heterocycles. The predicted octanol–water partition coefficient (Wildman–Crippen LogP) is 5.45. The Morgan fingerprint density at radius 3 is 2.19 bits per heavy atom. The van der Waals surface area contributed by atoms with Crippen molar-refractivity contribution < 1.29 is 5.11 Å². The molecule has 1 unspecified atom stereocenters. The van der Waals surface area contributed by atoms with E-state index in [1.165, 1.54) is 36.8 Å². The molecule has 1 nitrogen and oxygen atoms in total. The van der Waals surface area contributed by atoms with Gasteiger partial charge in [-0.1, -0.05) is 58.7 Å². The maximum atomic E-state index is 11.1. The van der Waals surface area contributed by atoms with E-state index in [-0.39, 0.29) is 11.5 Å². The van der Waals surface area contributed by atoms with Crippen molar-refractivity contribution in [3.05, 3.63) is 34.9 Å². The molecule has 1 saturated carbocycles. The molecule has 1 aromatic carbocycles. The normalized spacial score (nSPS) is 19.1. The van der Waals surface area contributed by atoms with Gasteiger partial charge in [-0.25, -0.2) is 0 Å². The molecular formula is C20H32O. The summed E-state index contributed by atoms with van der Waals surface area (Å²) in [5.74, 6) is 0.651. The molecule has 1 aliphatic carbocycles. The third-order valence-electron chi connectivity index (χ3n) is 5.30. The zero-order chi connectivity index (χ0) is 15.5. The van der Waals surface area contributed by atoms with Crippen LogP contribution >= 0.6 is 0 Å². The van der Waals surface area contributed by atoms with Crippen molar-refractivity contribution in [3.8, 4) is 0 Å². The summed E-state index contributed by atoms with van der Waals surface area (Å²) in [6.07, 6.45) is 7.91. The van der Waals surface area contributed by atoms with Crippen LogP contribution in [0.15, 0.2) is 18.2 Å². The number of rotatable bonds is 6. The lowest BCUT2D eigenvalue weighted by molar-refractivity contribution is 0.0111. The molecular weight excluding hydrogens is 256 g/mol. The molecule has 0 spiro atoms. The Bertz CT molecular complexity index is 455. The molecule has 1 atom stereocenters. The summed E-state index contributed by atoms with van der Waals surface area (Å²) in [4.78, 5) is 0. The highest BCUT2D eigenvalue weighted by atomic mass is 16.3. The van der Waals surface area contributed by atoms with Gasteiger partial charge in [0, 0.05) is 5.41 Å². The maximum Gasteiger partial charge on any atom is 0.0846 e. The molecule has 0 heterocycles. The summed E-state index contributed by atoms with van der Waals surface area (Å²) in [5, 5.41) is 11.1. The standard InChI is InChI=1S/C20H32O/c1-5-16-9-10-18(13-17(16)6-2)19(21)20(14-15(3)4)11-7-8-12-20/h9-10,13,15,19,21H,5-8,11-12,14H2,1-4H3. The van der Waals surface area contributed by atoms with E-state index in [1.54, 1.807) is 0 Å². The van der Waals surface area contributed by atoms with Gasteiger partial charge in [-0.05, 0) is 54.7 Å². The summed E-state index contributed by atoms with van der Waals surface area (Å²) in [6.45, 7) is 8.99. The number of aliphatic hydroxyl groups is 1. The second kappa shape index (κ2) is 6.96. The Morgan fingerprint density at radius 1 is 1.05 bits per heavy atom. The molecule has 0 radical (unpaired) electrons. The van der Waals surface area contributed by atoms with Crippen molar-refractivity contribution in [1.29, 1.82) is 0 Å². The minimum atomic E-state index is -0.293. The summed E-state index contributed by atoms with van der Waals surface area (Å²) >= 11 is 0. The zero-order valence-corrected chi connectivity index (χ0v) is 14.3. The lowest BCUT2D eigenvalue weighted by Gasteiger charge is -2.36. The largest absolute Gasteiger partial charge is 0.388 e. The molecule has 1 heteroatoms. The predicted molar refractivity (Wildman–Crippen MR) is 90.5 cm³/mol. The lowest BCUT2D eigenvalue weighted by atomic mass is 9.71. The van der Waals surface area contributed by atoms with Gasteiger partial charge < -0.3 is 5.11 Å². The SMILES string of the molecule is CCc1ccc(C(O)C2(CC(C)C)CCCC2)cc1CC. The van der Waals surface area contributed by atoms with E-state index in [4.69, 9.17) is 0 Å². The zero-order valence-electron chi connectivity index (χ0n) is 14.3.